The first kappa shape index (κ1) is 16.0. The van der Waals surface area contributed by atoms with Crippen molar-refractivity contribution in [3.8, 4) is 0 Å². The molecule has 0 aliphatic carbocycles. The van der Waals surface area contributed by atoms with Crippen LogP contribution in [0.25, 0.3) is 0 Å². The van der Waals surface area contributed by atoms with Crippen LogP contribution in [-0.4, -0.2) is 12.6 Å². The summed E-state index contributed by atoms with van der Waals surface area (Å²) in [5.74, 6) is -0.291. The van der Waals surface area contributed by atoms with E-state index in [-0.39, 0.29) is 5.82 Å². The molecule has 0 aliphatic heterocycles. The van der Waals surface area contributed by atoms with Crippen molar-refractivity contribution in [1.29, 1.82) is 0 Å². The van der Waals surface area contributed by atoms with Crippen LogP contribution in [0.2, 0.25) is 5.02 Å². The van der Waals surface area contributed by atoms with E-state index in [0.29, 0.717) is 11.1 Å². The molecule has 0 amide bonds. The molecule has 1 unspecified atom stereocenters. The molecule has 5 heteroatoms. The number of benzene rings is 1. The molecule has 108 valence electrons. The molecule has 1 nitrogen and oxygen atoms in total. The maximum Gasteiger partial charge on any atom is 0.124 e. The molecule has 0 bridgehead atoms. The number of halogens is 3. The Hall–Kier alpha value is -0.420. The second-order valence-electron chi connectivity index (χ2n) is 4.63. The number of thiophene rings is 1. The maximum atomic E-state index is 13.1. The van der Waals surface area contributed by atoms with E-state index in [1.54, 1.807) is 17.4 Å². The summed E-state index contributed by atoms with van der Waals surface area (Å²) in [4.78, 5) is 1.32. The third kappa shape index (κ3) is 4.55. The first-order chi connectivity index (χ1) is 9.58. The summed E-state index contributed by atoms with van der Waals surface area (Å²) in [6, 6.07) is 7.05. The Morgan fingerprint density at radius 1 is 1.35 bits per heavy atom. The van der Waals surface area contributed by atoms with Crippen LogP contribution in [0, 0.1) is 5.82 Å². The van der Waals surface area contributed by atoms with Crippen molar-refractivity contribution >= 4 is 38.9 Å². The summed E-state index contributed by atoms with van der Waals surface area (Å²) >= 11 is 11.3. The highest BCUT2D eigenvalue weighted by molar-refractivity contribution is 9.10. The van der Waals surface area contributed by atoms with Gasteiger partial charge in [-0.25, -0.2) is 4.39 Å². The normalized spacial score (nSPS) is 12.6. The van der Waals surface area contributed by atoms with Crippen LogP contribution in [0.15, 0.2) is 34.1 Å². The number of likely N-dealkylation sites (N-methyl/N-ethyl adjacent to an activating group) is 1. The topological polar surface area (TPSA) is 12.0 Å². The zero-order chi connectivity index (χ0) is 14.5. The summed E-state index contributed by atoms with van der Waals surface area (Å²) in [6.45, 7) is 2.99. The Labute approximate surface area is 136 Å². The number of rotatable bonds is 6. The standard InChI is InChI=1S/C15H16BrClFNS/c1-2-19-13(8-14-6-11(16)9-20-14)5-10-3-4-12(18)7-15(10)17/h3-4,6-7,9,13,19H,2,5,8H2,1H3. The highest BCUT2D eigenvalue weighted by atomic mass is 79.9. The Kier molecular flexibility index (Phi) is 6.02. The highest BCUT2D eigenvalue weighted by Gasteiger charge is 2.13. The lowest BCUT2D eigenvalue weighted by Gasteiger charge is -2.18. The van der Waals surface area contributed by atoms with Crippen molar-refractivity contribution in [2.75, 3.05) is 6.54 Å². The molecule has 1 atom stereocenters. The van der Waals surface area contributed by atoms with Gasteiger partial charge in [-0.2, -0.15) is 0 Å². The minimum atomic E-state index is -0.291. The van der Waals surface area contributed by atoms with Gasteiger partial charge in [0, 0.05) is 25.8 Å². The molecule has 1 aromatic carbocycles. The van der Waals surface area contributed by atoms with E-state index in [1.165, 1.54) is 17.0 Å². The van der Waals surface area contributed by atoms with Gasteiger partial charge in [0.1, 0.15) is 5.82 Å². The molecule has 0 saturated carbocycles. The summed E-state index contributed by atoms with van der Waals surface area (Å²) < 4.78 is 14.2. The van der Waals surface area contributed by atoms with Gasteiger partial charge in [-0.1, -0.05) is 24.6 Å². The van der Waals surface area contributed by atoms with E-state index in [9.17, 15) is 4.39 Å². The van der Waals surface area contributed by atoms with Gasteiger partial charge in [-0.05, 0) is 59.1 Å². The van der Waals surface area contributed by atoms with Crippen molar-refractivity contribution in [3.05, 3.63) is 55.4 Å². The van der Waals surface area contributed by atoms with Crippen LogP contribution in [-0.2, 0) is 12.8 Å². The smallest absolute Gasteiger partial charge is 0.124 e. The molecule has 2 rings (SSSR count). The van der Waals surface area contributed by atoms with Crippen LogP contribution in [0.1, 0.15) is 17.4 Å². The highest BCUT2D eigenvalue weighted by Crippen LogP contribution is 2.23. The van der Waals surface area contributed by atoms with Crippen molar-refractivity contribution in [3.63, 3.8) is 0 Å². The van der Waals surface area contributed by atoms with Gasteiger partial charge in [-0.15, -0.1) is 11.3 Å². The first-order valence-electron chi connectivity index (χ1n) is 6.48. The molecule has 1 heterocycles. The third-order valence-corrected chi connectivity index (χ3v) is 5.12. The molecule has 0 aliphatic rings. The van der Waals surface area contributed by atoms with E-state index in [0.717, 1.165) is 29.4 Å². The van der Waals surface area contributed by atoms with E-state index in [4.69, 9.17) is 11.6 Å². The van der Waals surface area contributed by atoms with Crippen LogP contribution in [0.4, 0.5) is 4.39 Å². The molecule has 1 N–H and O–H groups in total. The summed E-state index contributed by atoms with van der Waals surface area (Å²) in [5.41, 5.74) is 0.981. The van der Waals surface area contributed by atoms with Crippen molar-refractivity contribution in [2.45, 2.75) is 25.8 Å². The van der Waals surface area contributed by atoms with Crippen molar-refractivity contribution in [1.82, 2.24) is 5.32 Å². The first-order valence-corrected chi connectivity index (χ1v) is 8.53. The van der Waals surface area contributed by atoms with E-state index >= 15 is 0 Å². The second-order valence-corrected chi connectivity index (χ2v) is 6.95. The molecule has 20 heavy (non-hydrogen) atoms. The predicted molar refractivity (Wildman–Crippen MR) is 88.3 cm³/mol. The maximum absolute atomic E-state index is 13.1. The molecular weight excluding hydrogens is 361 g/mol. The Bertz CT molecular complexity index is 573. The Balaban J connectivity index is 2.08. The lowest BCUT2D eigenvalue weighted by Crippen LogP contribution is -2.32. The SMILES string of the molecule is CCNC(Cc1cc(Br)cs1)Cc1ccc(F)cc1Cl. The third-order valence-electron chi connectivity index (χ3n) is 3.04. The minimum Gasteiger partial charge on any atom is -0.314 e. The molecule has 0 saturated heterocycles. The zero-order valence-corrected chi connectivity index (χ0v) is 14.3. The fourth-order valence-electron chi connectivity index (χ4n) is 2.16. The molecule has 0 spiro atoms. The minimum absolute atomic E-state index is 0.291. The molecule has 0 fully saturated rings. The fourth-order valence-corrected chi connectivity index (χ4v) is 3.94. The lowest BCUT2D eigenvalue weighted by atomic mass is 10.0. The van der Waals surface area contributed by atoms with Gasteiger partial charge in [0.2, 0.25) is 0 Å². The van der Waals surface area contributed by atoms with E-state index in [1.807, 2.05) is 0 Å². The van der Waals surface area contributed by atoms with Gasteiger partial charge in [0.05, 0.1) is 0 Å². The summed E-state index contributed by atoms with van der Waals surface area (Å²) in [6.07, 6.45) is 1.74. The largest absolute Gasteiger partial charge is 0.314 e. The predicted octanol–water partition coefficient (Wildman–Crippen LogP) is 5.07. The quantitative estimate of drug-likeness (QED) is 0.742. The van der Waals surface area contributed by atoms with E-state index in [2.05, 4.69) is 39.6 Å². The summed E-state index contributed by atoms with van der Waals surface area (Å²) in [5, 5.41) is 6.06. The lowest BCUT2D eigenvalue weighted by molar-refractivity contribution is 0.524. The Morgan fingerprint density at radius 2 is 2.15 bits per heavy atom. The molecular formula is C15H16BrClFNS. The van der Waals surface area contributed by atoms with Gasteiger partial charge >= 0.3 is 0 Å². The number of hydrogen-bond acceptors (Lipinski definition) is 2. The van der Waals surface area contributed by atoms with Crippen molar-refractivity contribution < 1.29 is 4.39 Å². The Morgan fingerprint density at radius 3 is 2.75 bits per heavy atom. The van der Waals surface area contributed by atoms with Crippen LogP contribution in [0.3, 0.4) is 0 Å². The van der Waals surface area contributed by atoms with Crippen molar-refractivity contribution in [2.24, 2.45) is 0 Å². The molecule has 2 aromatic rings. The monoisotopic (exact) mass is 375 g/mol. The van der Waals surface area contributed by atoms with Gasteiger partial charge in [-0.3, -0.25) is 0 Å². The average molecular weight is 377 g/mol. The average Bonchev–Trinajstić information content (AvgIpc) is 2.78. The molecule has 0 radical (unpaired) electrons. The van der Waals surface area contributed by atoms with E-state index < -0.39 is 0 Å². The zero-order valence-electron chi connectivity index (χ0n) is 11.1. The second kappa shape index (κ2) is 7.55. The number of hydrogen-bond donors (Lipinski definition) is 1. The van der Waals surface area contributed by atoms with Crippen LogP contribution >= 0.6 is 38.9 Å². The van der Waals surface area contributed by atoms with Gasteiger partial charge in [0.25, 0.3) is 0 Å². The van der Waals surface area contributed by atoms with Crippen LogP contribution in [0.5, 0.6) is 0 Å². The van der Waals surface area contributed by atoms with Gasteiger partial charge < -0.3 is 5.32 Å². The van der Waals surface area contributed by atoms with Crippen LogP contribution < -0.4 is 5.32 Å². The summed E-state index contributed by atoms with van der Waals surface area (Å²) in [7, 11) is 0. The molecule has 1 aromatic heterocycles. The number of nitrogens with one attached hydrogen (secondary N) is 1. The van der Waals surface area contributed by atoms with Gasteiger partial charge in [0.15, 0.2) is 0 Å². The fraction of sp³-hybridized carbons (Fsp3) is 0.333.